The Morgan fingerprint density at radius 2 is 1.81 bits per heavy atom. The normalized spacial score (nSPS) is 14.5. The lowest BCUT2D eigenvalue weighted by Gasteiger charge is -2.22. The van der Waals surface area contributed by atoms with Crippen LogP contribution in [0.5, 0.6) is 0 Å². The summed E-state index contributed by atoms with van der Waals surface area (Å²) in [5, 5.41) is 2.51. The molecule has 1 N–H and O–H groups in total. The molecule has 2 aromatic carbocycles. The van der Waals surface area contributed by atoms with E-state index >= 15 is 0 Å². The standard InChI is InChI=1S/C18H18F2N2O3S/c1-21-18(23)13-4-2-12(3-5-13)11-22(15-7-8-15)26(24,25)17-9-6-14(19)10-16(17)20/h2-6,9-10,15H,7-8,11H2,1H3,(H,21,23). The summed E-state index contributed by atoms with van der Waals surface area (Å²) in [5.41, 5.74) is 1.14. The predicted molar refractivity (Wildman–Crippen MR) is 91.9 cm³/mol. The Morgan fingerprint density at radius 3 is 2.35 bits per heavy atom. The number of amides is 1. The van der Waals surface area contributed by atoms with Gasteiger partial charge in [-0.1, -0.05) is 12.1 Å². The summed E-state index contributed by atoms with van der Waals surface area (Å²) in [6.45, 7) is 0.0534. The second-order valence-corrected chi connectivity index (χ2v) is 7.99. The molecule has 1 amide bonds. The number of benzene rings is 2. The van der Waals surface area contributed by atoms with Crippen LogP contribution in [0.25, 0.3) is 0 Å². The van der Waals surface area contributed by atoms with Gasteiger partial charge in [0, 0.05) is 31.3 Å². The summed E-state index contributed by atoms with van der Waals surface area (Å²) in [4.78, 5) is 11.1. The van der Waals surface area contributed by atoms with Crippen molar-refractivity contribution in [3.05, 3.63) is 65.2 Å². The largest absolute Gasteiger partial charge is 0.355 e. The number of hydrogen-bond acceptors (Lipinski definition) is 3. The summed E-state index contributed by atoms with van der Waals surface area (Å²) in [7, 11) is -2.58. The first-order valence-electron chi connectivity index (χ1n) is 8.11. The SMILES string of the molecule is CNC(=O)c1ccc(CN(C2CC2)S(=O)(=O)c2ccc(F)cc2F)cc1. The molecular weight excluding hydrogens is 362 g/mol. The number of hydrogen-bond donors (Lipinski definition) is 1. The van der Waals surface area contributed by atoms with Gasteiger partial charge in [-0.15, -0.1) is 0 Å². The fourth-order valence-corrected chi connectivity index (χ4v) is 4.39. The number of rotatable bonds is 6. The zero-order valence-corrected chi connectivity index (χ0v) is 14.9. The molecule has 0 aliphatic heterocycles. The van der Waals surface area contributed by atoms with Crippen LogP contribution in [0.4, 0.5) is 8.78 Å². The first-order valence-corrected chi connectivity index (χ1v) is 9.55. The average Bonchev–Trinajstić information content (AvgIpc) is 3.43. The van der Waals surface area contributed by atoms with E-state index in [0.29, 0.717) is 30.0 Å². The lowest BCUT2D eigenvalue weighted by molar-refractivity contribution is 0.0963. The molecule has 2 aromatic rings. The van der Waals surface area contributed by atoms with Gasteiger partial charge in [-0.2, -0.15) is 4.31 Å². The maximum atomic E-state index is 14.0. The highest BCUT2D eigenvalue weighted by atomic mass is 32.2. The third-order valence-electron chi connectivity index (χ3n) is 4.22. The first-order chi connectivity index (χ1) is 12.3. The van der Waals surface area contributed by atoms with Crippen molar-refractivity contribution in [1.82, 2.24) is 9.62 Å². The number of carbonyl (C=O) groups excluding carboxylic acids is 1. The van der Waals surface area contributed by atoms with Crippen molar-refractivity contribution >= 4 is 15.9 Å². The maximum Gasteiger partial charge on any atom is 0.251 e. The lowest BCUT2D eigenvalue weighted by atomic mass is 10.1. The molecule has 1 saturated carbocycles. The van der Waals surface area contributed by atoms with Crippen molar-refractivity contribution in [3.63, 3.8) is 0 Å². The second kappa shape index (κ2) is 7.13. The van der Waals surface area contributed by atoms with E-state index in [1.165, 1.54) is 11.4 Å². The van der Waals surface area contributed by atoms with Crippen molar-refractivity contribution in [3.8, 4) is 0 Å². The van der Waals surface area contributed by atoms with Crippen LogP contribution in [-0.4, -0.2) is 31.7 Å². The third kappa shape index (κ3) is 3.76. The molecule has 1 fully saturated rings. The van der Waals surface area contributed by atoms with Gasteiger partial charge in [0.05, 0.1) is 0 Å². The molecule has 138 valence electrons. The van der Waals surface area contributed by atoms with E-state index in [0.717, 1.165) is 12.1 Å². The fraction of sp³-hybridized carbons (Fsp3) is 0.278. The van der Waals surface area contributed by atoms with E-state index < -0.39 is 26.6 Å². The van der Waals surface area contributed by atoms with Crippen LogP contribution < -0.4 is 5.32 Å². The van der Waals surface area contributed by atoms with Gasteiger partial charge in [0.1, 0.15) is 16.5 Å². The van der Waals surface area contributed by atoms with E-state index in [1.54, 1.807) is 24.3 Å². The van der Waals surface area contributed by atoms with E-state index in [-0.39, 0.29) is 18.5 Å². The molecule has 0 bridgehead atoms. The number of halogens is 2. The summed E-state index contributed by atoms with van der Waals surface area (Å²) < 4.78 is 54.1. The molecule has 3 rings (SSSR count). The van der Waals surface area contributed by atoms with Crippen LogP contribution >= 0.6 is 0 Å². The summed E-state index contributed by atoms with van der Waals surface area (Å²) in [6.07, 6.45) is 1.39. The number of nitrogens with zero attached hydrogens (tertiary/aromatic N) is 1. The Hall–Kier alpha value is -2.32. The Labute approximate surface area is 150 Å². The Bertz CT molecular complexity index is 926. The van der Waals surface area contributed by atoms with Gasteiger partial charge < -0.3 is 5.32 Å². The van der Waals surface area contributed by atoms with Crippen LogP contribution in [0.15, 0.2) is 47.4 Å². The summed E-state index contributed by atoms with van der Waals surface area (Å²) in [5.74, 6) is -2.17. The molecule has 0 radical (unpaired) electrons. The summed E-state index contributed by atoms with van der Waals surface area (Å²) in [6, 6.07) is 8.77. The van der Waals surface area contributed by atoms with Gasteiger partial charge in [-0.25, -0.2) is 17.2 Å². The Kier molecular flexibility index (Phi) is 5.06. The van der Waals surface area contributed by atoms with Crippen LogP contribution in [0.1, 0.15) is 28.8 Å². The van der Waals surface area contributed by atoms with Gasteiger partial charge in [0.15, 0.2) is 0 Å². The topological polar surface area (TPSA) is 66.5 Å². The highest BCUT2D eigenvalue weighted by Crippen LogP contribution is 2.34. The van der Waals surface area contributed by atoms with Gasteiger partial charge in [-0.3, -0.25) is 4.79 Å². The minimum atomic E-state index is -4.10. The molecule has 8 heteroatoms. The molecule has 26 heavy (non-hydrogen) atoms. The Morgan fingerprint density at radius 1 is 1.15 bits per heavy atom. The average molecular weight is 380 g/mol. The smallest absolute Gasteiger partial charge is 0.251 e. The maximum absolute atomic E-state index is 14.0. The van der Waals surface area contributed by atoms with Crippen molar-refractivity contribution < 1.29 is 22.0 Å². The van der Waals surface area contributed by atoms with E-state index in [9.17, 15) is 22.0 Å². The fourth-order valence-electron chi connectivity index (χ4n) is 2.67. The second-order valence-electron chi connectivity index (χ2n) is 6.13. The third-order valence-corrected chi connectivity index (χ3v) is 6.15. The molecule has 1 aliphatic carbocycles. The van der Waals surface area contributed by atoms with E-state index in [1.807, 2.05) is 0 Å². The minimum Gasteiger partial charge on any atom is -0.355 e. The summed E-state index contributed by atoms with van der Waals surface area (Å²) >= 11 is 0. The molecule has 0 spiro atoms. The molecule has 5 nitrogen and oxygen atoms in total. The molecule has 0 heterocycles. The lowest BCUT2D eigenvalue weighted by Crippen LogP contribution is -2.33. The quantitative estimate of drug-likeness (QED) is 0.838. The van der Waals surface area contributed by atoms with Gasteiger partial charge in [-0.05, 0) is 42.7 Å². The van der Waals surface area contributed by atoms with Crippen molar-refractivity contribution in [2.24, 2.45) is 0 Å². The molecule has 1 aliphatic rings. The number of nitrogens with one attached hydrogen (secondary N) is 1. The zero-order chi connectivity index (χ0) is 18.9. The molecular formula is C18H18F2N2O3S. The monoisotopic (exact) mass is 380 g/mol. The molecule has 0 unspecified atom stereocenters. The highest BCUT2D eigenvalue weighted by Gasteiger charge is 2.39. The molecule has 0 saturated heterocycles. The molecule has 0 atom stereocenters. The van der Waals surface area contributed by atoms with Crippen LogP contribution in [0, 0.1) is 11.6 Å². The van der Waals surface area contributed by atoms with Gasteiger partial charge in [0.2, 0.25) is 10.0 Å². The zero-order valence-electron chi connectivity index (χ0n) is 14.1. The number of sulfonamides is 1. The van der Waals surface area contributed by atoms with Crippen molar-refractivity contribution in [2.45, 2.75) is 30.3 Å². The van der Waals surface area contributed by atoms with Crippen molar-refractivity contribution in [2.75, 3.05) is 7.05 Å². The van der Waals surface area contributed by atoms with Crippen molar-refractivity contribution in [1.29, 1.82) is 0 Å². The predicted octanol–water partition coefficient (Wildman–Crippen LogP) is 2.68. The first kappa shape index (κ1) is 18.5. The van der Waals surface area contributed by atoms with Crippen LogP contribution in [-0.2, 0) is 16.6 Å². The minimum absolute atomic E-state index is 0.0534. The number of carbonyl (C=O) groups is 1. The van der Waals surface area contributed by atoms with Crippen LogP contribution in [0.2, 0.25) is 0 Å². The highest BCUT2D eigenvalue weighted by molar-refractivity contribution is 7.89. The molecule has 0 aromatic heterocycles. The van der Waals surface area contributed by atoms with E-state index in [2.05, 4.69) is 5.32 Å². The van der Waals surface area contributed by atoms with Gasteiger partial charge in [0.25, 0.3) is 5.91 Å². The van der Waals surface area contributed by atoms with Gasteiger partial charge >= 0.3 is 0 Å². The van der Waals surface area contributed by atoms with E-state index in [4.69, 9.17) is 0 Å². The Balaban J connectivity index is 1.88. The van der Waals surface area contributed by atoms with Crippen LogP contribution in [0.3, 0.4) is 0 Å².